The number of ether oxygens (including phenoxy) is 1. The van der Waals surface area contributed by atoms with Gasteiger partial charge < -0.3 is 4.74 Å². The summed E-state index contributed by atoms with van der Waals surface area (Å²) in [6.45, 7) is 2.09. The van der Waals surface area contributed by atoms with Crippen molar-refractivity contribution in [3.05, 3.63) is 65.6 Å². The predicted molar refractivity (Wildman–Crippen MR) is 103 cm³/mol. The molecule has 130 valence electrons. The van der Waals surface area contributed by atoms with Crippen LogP contribution in [0.2, 0.25) is 5.02 Å². The molecule has 2 aromatic carbocycles. The third kappa shape index (κ3) is 2.80. The summed E-state index contributed by atoms with van der Waals surface area (Å²) >= 11 is 6.25. The van der Waals surface area contributed by atoms with Gasteiger partial charge in [-0.25, -0.2) is 15.0 Å². The highest BCUT2D eigenvalue weighted by Gasteiger charge is 2.13. The Morgan fingerprint density at radius 1 is 1.08 bits per heavy atom. The molecule has 0 aliphatic carbocycles. The van der Waals surface area contributed by atoms with E-state index in [2.05, 4.69) is 16.5 Å². The average Bonchev–Trinajstić information content (AvgIpc) is 3.06. The number of hydrogen-bond acceptors (Lipinski definition) is 4. The summed E-state index contributed by atoms with van der Waals surface area (Å²) in [5, 5.41) is 0.529. The molecule has 4 rings (SSSR count). The first kappa shape index (κ1) is 16.5. The van der Waals surface area contributed by atoms with Gasteiger partial charge in [-0.3, -0.25) is 4.57 Å². The maximum atomic E-state index is 6.25. The van der Waals surface area contributed by atoms with Crippen LogP contribution in [0.4, 0.5) is 0 Å². The number of halogens is 1. The molecule has 0 amide bonds. The van der Waals surface area contributed by atoms with Crippen LogP contribution < -0.4 is 4.74 Å². The number of aromatic nitrogens is 4. The van der Waals surface area contributed by atoms with E-state index in [1.807, 2.05) is 48.5 Å². The van der Waals surface area contributed by atoms with Gasteiger partial charge in [0.15, 0.2) is 5.82 Å². The number of rotatable bonds is 4. The van der Waals surface area contributed by atoms with E-state index in [1.165, 1.54) is 0 Å². The third-order valence-electron chi connectivity index (χ3n) is 4.23. The lowest BCUT2D eigenvalue weighted by atomic mass is 10.2. The quantitative estimate of drug-likeness (QED) is 0.526. The molecule has 0 fully saturated rings. The molecule has 0 spiro atoms. The number of methoxy groups -OCH3 is 1. The number of hydrogen-bond donors (Lipinski definition) is 0. The first-order valence-electron chi connectivity index (χ1n) is 8.35. The van der Waals surface area contributed by atoms with Crippen molar-refractivity contribution >= 4 is 22.6 Å². The van der Waals surface area contributed by atoms with Gasteiger partial charge in [-0.05, 0) is 36.4 Å². The van der Waals surface area contributed by atoms with E-state index in [-0.39, 0.29) is 0 Å². The van der Waals surface area contributed by atoms with E-state index in [0.29, 0.717) is 16.6 Å². The van der Waals surface area contributed by atoms with Crippen LogP contribution in [-0.2, 0) is 6.42 Å². The van der Waals surface area contributed by atoms with Gasteiger partial charge in [-0.1, -0.05) is 30.7 Å². The van der Waals surface area contributed by atoms with Crippen LogP contribution in [-0.4, -0.2) is 26.6 Å². The minimum absolute atomic E-state index is 0.529. The van der Waals surface area contributed by atoms with Gasteiger partial charge in [0.25, 0.3) is 0 Å². The van der Waals surface area contributed by atoms with Crippen molar-refractivity contribution in [1.82, 2.24) is 19.5 Å². The highest BCUT2D eigenvalue weighted by molar-refractivity contribution is 6.32. The summed E-state index contributed by atoms with van der Waals surface area (Å²) in [6.07, 6.45) is 2.56. The second kappa shape index (κ2) is 6.77. The van der Waals surface area contributed by atoms with Crippen LogP contribution >= 0.6 is 11.6 Å². The molecule has 6 heteroatoms. The van der Waals surface area contributed by atoms with E-state index < -0.39 is 0 Å². The zero-order valence-corrected chi connectivity index (χ0v) is 15.2. The van der Waals surface area contributed by atoms with Crippen molar-refractivity contribution in [2.75, 3.05) is 7.11 Å². The van der Waals surface area contributed by atoms with Crippen LogP contribution in [0.15, 0.2) is 54.7 Å². The summed E-state index contributed by atoms with van der Waals surface area (Å²) in [7, 11) is 1.59. The number of nitrogens with zero attached hydrogens (tertiary/aromatic N) is 4. The van der Waals surface area contributed by atoms with E-state index in [9.17, 15) is 0 Å². The van der Waals surface area contributed by atoms with Crippen molar-refractivity contribution in [2.24, 2.45) is 0 Å². The second-order valence-electron chi connectivity index (χ2n) is 5.79. The van der Waals surface area contributed by atoms with E-state index >= 15 is 0 Å². The Morgan fingerprint density at radius 2 is 1.92 bits per heavy atom. The SMILES string of the molecule is CCc1nc2ccccc2n1-c1ccnc(-c2ccc(OC)c(Cl)c2)n1. The van der Waals surface area contributed by atoms with Gasteiger partial charge in [0.05, 0.1) is 23.2 Å². The summed E-state index contributed by atoms with van der Waals surface area (Å²) in [6, 6.07) is 15.5. The highest BCUT2D eigenvalue weighted by Crippen LogP contribution is 2.29. The van der Waals surface area contributed by atoms with E-state index in [4.69, 9.17) is 26.3 Å². The van der Waals surface area contributed by atoms with E-state index in [1.54, 1.807) is 13.3 Å². The number of fused-ring (bicyclic) bond motifs is 1. The summed E-state index contributed by atoms with van der Waals surface area (Å²) in [5.41, 5.74) is 2.82. The summed E-state index contributed by atoms with van der Waals surface area (Å²) < 4.78 is 7.29. The van der Waals surface area contributed by atoms with Gasteiger partial charge in [0, 0.05) is 18.2 Å². The van der Waals surface area contributed by atoms with Crippen LogP contribution in [0.5, 0.6) is 5.75 Å². The smallest absolute Gasteiger partial charge is 0.161 e. The Kier molecular flexibility index (Phi) is 4.31. The van der Waals surface area contributed by atoms with Gasteiger partial charge in [0.1, 0.15) is 17.4 Å². The fourth-order valence-corrected chi connectivity index (χ4v) is 3.24. The fourth-order valence-electron chi connectivity index (χ4n) is 2.99. The highest BCUT2D eigenvalue weighted by atomic mass is 35.5. The van der Waals surface area contributed by atoms with E-state index in [0.717, 1.165) is 34.7 Å². The topological polar surface area (TPSA) is 52.8 Å². The molecular formula is C20H17ClN4O. The van der Waals surface area contributed by atoms with Crippen molar-refractivity contribution in [3.8, 4) is 23.0 Å². The molecule has 0 radical (unpaired) electrons. The Hall–Kier alpha value is -2.92. The molecule has 0 atom stereocenters. The second-order valence-corrected chi connectivity index (χ2v) is 6.20. The van der Waals surface area contributed by atoms with Gasteiger partial charge in [0.2, 0.25) is 0 Å². The third-order valence-corrected chi connectivity index (χ3v) is 4.52. The molecule has 0 N–H and O–H groups in total. The number of benzene rings is 2. The minimum atomic E-state index is 0.529. The van der Waals surface area contributed by atoms with Crippen molar-refractivity contribution in [3.63, 3.8) is 0 Å². The molecule has 4 aromatic rings. The van der Waals surface area contributed by atoms with Crippen LogP contribution in [0.25, 0.3) is 28.2 Å². The minimum Gasteiger partial charge on any atom is -0.495 e. The zero-order chi connectivity index (χ0) is 18.1. The standard InChI is InChI=1S/C20H17ClN4O/c1-3-18-23-15-6-4-5-7-16(15)25(18)19-10-11-22-20(24-19)13-8-9-17(26-2)14(21)12-13/h4-12H,3H2,1-2H3. The molecule has 0 saturated carbocycles. The van der Waals surface area contributed by atoms with Crippen molar-refractivity contribution in [1.29, 1.82) is 0 Å². The first-order valence-corrected chi connectivity index (χ1v) is 8.72. The number of aryl methyl sites for hydroxylation is 1. The zero-order valence-electron chi connectivity index (χ0n) is 14.5. The summed E-state index contributed by atoms with van der Waals surface area (Å²) in [4.78, 5) is 13.9. The molecule has 0 aliphatic rings. The Balaban J connectivity index is 1.86. The lowest BCUT2D eigenvalue weighted by Gasteiger charge is -2.09. The van der Waals surface area contributed by atoms with Crippen LogP contribution in [0, 0.1) is 0 Å². The summed E-state index contributed by atoms with van der Waals surface area (Å²) in [5.74, 6) is 2.98. The molecule has 0 aliphatic heterocycles. The van der Waals surface area contributed by atoms with Crippen molar-refractivity contribution < 1.29 is 4.74 Å². The molecule has 0 unspecified atom stereocenters. The molecule has 2 aromatic heterocycles. The maximum absolute atomic E-state index is 6.25. The molecule has 0 saturated heterocycles. The van der Waals surface area contributed by atoms with Gasteiger partial charge in [-0.15, -0.1) is 0 Å². The predicted octanol–water partition coefficient (Wildman–Crippen LogP) is 4.71. The molecular weight excluding hydrogens is 348 g/mol. The molecule has 2 heterocycles. The van der Waals surface area contributed by atoms with Crippen molar-refractivity contribution in [2.45, 2.75) is 13.3 Å². The molecule has 26 heavy (non-hydrogen) atoms. The monoisotopic (exact) mass is 364 g/mol. The average molecular weight is 365 g/mol. The normalized spacial score (nSPS) is 11.0. The van der Waals surface area contributed by atoms with Crippen LogP contribution in [0.3, 0.4) is 0 Å². The lowest BCUT2D eigenvalue weighted by Crippen LogP contribution is -2.04. The Morgan fingerprint density at radius 3 is 2.69 bits per heavy atom. The molecule has 5 nitrogen and oxygen atoms in total. The first-order chi connectivity index (χ1) is 12.7. The largest absolute Gasteiger partial charge is 0.495 e. The Labute approximate surface area is 156 Å². The maximum Gasteiger partial charge on any atom is 0.161 e. The van der Waals surface area contributed by atoms with Crippen LogP contribution in [0.1, 0.15) is 12.7 Å². The number of imidazole rings is 1. The lowest BCUT2D eigenvalue weighted by molar-refractivity contribution is 0.415. The van der Waals surface area contributed by atoms with Gasteiger partial charge in [-0.2, -0.15) is 0 Å². The van der Waals surface area contributed by atoms with Gasteiger partial charge >= 0.3 is 0 Å². The fraction of sp³-hybridized carbons (Fsp3) is 0.150. The molecule has 0 bridgehead atoms. The Bertz CT molecular complexity index is 1090. The number of para-hydroxylation sites is 2.